The van der Waals surface area contributed by atoms with Crippen LogP contribution in [0.1, 0.15) is 43.9 Å². The number of carbonyl (C=O) groups is 1. The lowest BCUT2D eigenvalue weighted by Gasteiger charge is -2.40. The highest BCUT2D eigenvalue weighted by Gasteiger charge is 2.55. The van der Waals surface area contributed by atoms with Crippen LogP contribution < -0.4 is 5.32 Å². The van der Waals surface area contributed by atoms with Gasteiger partial charge in [-0.3, -0.25) is 0 Å². The Labute approximate surface area is 195 Å². The molecule has 33 heavy (non-hydrogen) atoms. The Morgan fingerprint density at radius 2 is 1.33 bits per heavy atom. The zero-order valence-corrected chi connectivity index (χ0v) is 19.4. The van der Waals surface area contributed by atoms with E-state index in [4.69, 9.17) is 0 Å². The molecule has 1 aliphatic heterocycles. The number of carbonyl (C=O) groups excluding carboxylic acids is 1. The molecule has 2 atom stereocenters. The van der Waals surface area contributed by atoms with Crippen LogP contribution in [0, 0.1) is 0 Å². The molecule has 5 nitrogen and oxygen atoms in total. The minimum atomic E-state index is -1.52. The fourth-order valence-corrected chi connectivity index (χ4v) is 4.76. The largest absolute Gasteiger partial charge is 0.383 e. The molecule has 2 amide bonds. The van der Waals surface area contributed by atoms with Crippen LogP contribution in [0.5, 0.6) is 0 Å². The van der Waals surface area contributed by atoms with Gasteiger partial charge in [0.05, 0.1) is 12.6 Å². The van der Waals surface area contributed by atoms with Crippen LogP contribution in [0.3, 0.4) is 0 Å². The van der Waals surface area contributed by atoms with Crippen molar-refractivity contribution in [3.8, 4) is 0 Å². The number of hydrogen-bond donors (Lipinski definition) is 3. The Morgan fingerprint density at radius 1 is 0.879 bits per heavy atom. The summed E-state index contributed by atoms with van der Waals surface area (Å²) >= 11 is 0. The third-order valence-corrected chi connectivity index (χ3v) is 6.30. The van der Waals surface area contributed by atoms with Gasteiger partial charge in [-0.1, -0.05) is 91.0 Å². The molecule has 3 N–H and O–H groups in total. The fraction of sp³-hybridized carbons (Fsp3) is 0.321. The molecule has 1 aliphatic rings. The van der Waals surface area contributed by atoms with E-state index < -0.39 is 22.8 Å². The van der Waals surface area contributed by atoms with Crippen molar-refractivity contribution >= 4 is 6.03 Å². The molecule has 1 fully saturated rings. The molecule has 0 radical (unpaired) electrons. The highest BCUT2D eigenvalue weighted by molar-refractivity contribution is 5.76. The summed E-state index contributed by atoms with van der Waals surface area (Å²) in [4.78, 5) is 15.1. The van der Waals surface area contributed by atoms with E-state index in [1.165, 1.54) is 0 Å². The number of rotatable bonds is 4. The lowest BCUT2D eigenvalue weighted by atomic mass is 9.77. The van der Waals surface area contributed by atoms with Gasteiger partial charge in [-0.15, -0.1) is 0 Å². The maximum atomic E-state index is 13.5. The molecule has 3 aromatic carbocycles. The SMILES string of the molecule is CC(C)(C)NC(=O)N1C[C@](O)(c2ccccc2)C[C@H]1C(O)(c1ccccc1)c1ccccc1. The van der Waals surface area contributed by atoms with E-state index >= 15 is 0 Å². The minimum absolute atomic E-state index is 0.0750. The molecule has 0 aliphatic carbocycles. The summed E-state index contributed by atoms with van der Waals surface area (Å²) in [5.41, 5.74) is -1.20. The average Bonchev–Trinajstić information content (AvgIpc) is 3.19. The molecule has 1 heterocycles. The summed E-state index contributed by atoms with van der Waals surface area (Å²) in [6.45, 7) is 5.82. The van der Waals surface area contributed by atoms with Gasteiger partial charge in [0.25, 0.3) is 0 Å². The Bertz CT molecular complexity index is 1040. The van der Waals surface area contributed by atoms with Gasteiger partial charge in [0.1, 0.15) is 11.2 Å². The van der Waals surface area contributed by atoms with Crippen LogP contribution in [-0.4, -0.2) is 39.3 Å². The third-order valence-electron chi connectivity index (χ3n) is 6.30. The van der Waals surface area contributed by atoms with Crippen molar-refractivity contribution < 1.29 is 15.0 Å². The molecule has 4 rings (SSSR count). The topological polar surface area (TPSA) is 72.8 Å². The first kappa shape index (κ1) is 23.0. The predicted molar refractivity (Wildman–Crippen MR) is 130 cm³/mol. The summed E-state index contributed by atoms with van der Waals surface area (Å²) in [5.74, 6) is 0. The second-order valence-corrected chi connectivity index (χ2v) is 9.92. The first-order valence-electron chi connectivity index (χ1n) is 11.3. The van der Waals surface area contributed by atoms with E-state index in [0.29, 0.717) is 11.1 Å². The molecule has 172 valence electrons. The van der Waals surface area contributed by atoms with Crippen molar-refractivity contribution in [1.82, 2.24) is 10.2 Å². The highest BCUT2D eigenvalue weighted by atomic mass is 16.3. The average molecular weight is 445 g/mol. The lowest BCUT2D eigenvalue weighted by molar-refractivity contribution is 0.00280. The van der Waals surface area contributed by atoms with E-state index in [2.05, 4.69) is 5.32 Å². The van der Waals surface area contributed by atoms with Crippen LogP contribution in [0.4, 0.5) is 4.79 Å². The van der Waals surface area contributed by atoms with Gasteiger partial charge in [0, 0.05) is 12.0 Å². The Balaban J connectivity index is 1.86. The summed E-state index contributed by atoms with van der Waals surface area (Å²) in [6, 6.07) is 27.1. The van der Waals surface area contributed by atoms with E-state index in [0.717, 1.165) is 5.56 Å². The van der Waals surface area contributed by atoms with Crippen LogP contribution >= 0.6 is 0 Å². The zero-order valence-electron chi connectivity index (χ0n) is 19.4. The second-order valence-electron chi connectivity index (χ2n) is 9.92. The van der Waals surface area contributed by atoms with E-state index in [9.17, 15) is 15.0 Å². The molecule has 0 unspecified atom stereocenters. The number of aliphatic hydroxyl groups is 2. The number of urea groups is 1. The van der Waals surface area contributed by atoms with Crippen LogP contribution in [0.15, 0.2) is 91.0 Å². The number of amides is 2. The van der Waals surface area contributed by atoms with Gasteiger partial charge in [0.15, 0.2) is 0 Å². The first-order chi connectivity index (χ1) is 15.6. The molecular weight excluding hydrogens is 412 g/mol. The molecule has 0 spiro atoms. The van der Waals surface area contributed by atoms with Crippen LogP contribution in [0.2, 0.25) is 0 Å². The molecule has 0 aromatic heterocycles. The van der Waals surface area contributed by atoms with Gasteiger partial charge in [-0.2, -0.15) is 0 Å². The number of likely N-dealkylation sites (tertiary alicyclic amines) is 1. The van der Waals surface area contributed by atoms with Crippen molar-refractivity contribution in [2.75, 3.05) is 6.54 Å². The monoisotopic (exact) mass is 444 g/mol. The van der Waals surface area contributed by atoms with Crippen molar-refractivity contribution in [1.29, 1.82) is 0 Å². The maximum Gasteiger partial charge on any atom is 0.318 e. The molecule has 0 saturated carbocycles. The highest BCUT2D eigenvalue weighted by Crippen LogP contribution is 2.46. The van der Waals surface area contributed by atoms with E-state index in [1.807, 2.05) is 112 Å². The van der Waals surface area contributed by atoms with Crippen molar-refractivity contribution in [3.05, 3.63) is 108 Å². The van der Waals surface area contributed by atoms with Gasteiger partial charge < -0.3 is 20.4 Å². The second kappa shape index (κ2) is 8.65. The Hall–Kier alpha value is -3.15. The van der Waals surface area contributed by atoms with Gasteiger partial charge >= 0.3 is 6.03 Å². The predicted octanol–water partition coefficient (Wildman–Crippen LogP) is 4.39. The number of hydrogen-bond acceptors (Lipinski definition) is 3. The number of β-amino-alcohol motifs (C(OH)–C–C–N with tert-alkyl or cyclic N) is 1. The van der Waals surface area contributed by atoms with E-state index in [1.54, 1.807) is 4.90 Å². The molecule has 5 heteroatoms. The number of nitrogens with one attached hydrogen (secondary N) is 1. The van der Waals surface area contributed by atoms with Gasteiger partial charge in [0.2, 0.25) is 0 Å². The normalized spacial score (nSPS) is 21.1. The van der Waals surface area contributed by atoms with E-state index in [-0.39, 0.29) is 19.0 Å². The summed E-state index contributed by atoms with van der Waals surface area (Å²) in [6.07, 6.45) is 0.189. The first-order valence-corrected chi connectivity index (χ1v) is 11.3. The van der Waals surface area contributed by atoms with Crippen molar-refractivity contribution in [2.45, 2.75) is 50.0 Å². The van der Waals surface area contributed by atoms with Gasteiger partial charge in [-0.05, 0) is 37.5 Å². The summed E-state index contributed by atoms with van der Waals surface area (Å²) < 4.78 is 0. The number of benzene rings is 3. The third kappa shape index (κ3) is 4.52. The smallest absolute Gasteiger partial charge is 0.318 e. The van der Waals surface area contributed by atoms with Crippen LogP contribution in [0.25, 0.3) is 0 Å². The summed E-state index contributed by atoms with van der Waals surface area (Å²) in [7, 11) is 0. The van der Waals surface area contributed by atoms with Gasteiger partial charge in [-0.25, -0.2) is 4.79 Å². The molecule has 1 saturated heterocycles. The Morgan fingerprint density at radius 3 is 1.79 bits per heavy atom. The minimum Gasteiger partial charge on any atom is -0.383 e. The number of nitrogens with zero attached hydrogens (tertiary/aromatic N) is 1. The zero-order chi connectivity index (χ0) is 23.7. The standard InChI is InChI=1S/C28H32N2O3/c1-26(2,3)29-25(31)30-20-27(32,21-13-7-4-8-14-21)19-24(30)28(33,22-15-9-5-10-16-22)23-17-11-6-12-18-23/h4-18,24,32-33H,19-20H2,1-3H3,(H,29,31)/t24-,27-/m0/s1. The lowest BCUT2D eigenvalue weighted by Crippen LogP contribution is -2.56. The molecule has 0 bridgehead atoms. The Kier molecular flexibility index (Phi) is 6.04. The van der Waals surface area contributed by atoms with Crippen LogP contribution in [-0.2, 0) is 11.2 Å². The van der Waals surface area contributed by atoms with Crippen molar-refractivity contribution in [3.63, 3.8) is 0 Å². The summed E-state index contributed by atoms with van der Waals surface area (Å²) in [5, 5.41) is 27.2. The fourth-order valence-electron chi connectivity index (χ4n) is 4.76. The molecule has 3 aromatic rings. The van der Waals surface area contributed by atoms with Crippen molar-refractivity contribution in [2.24, 2.45) is 0 Å². The maximum absolute atomic E-state index is 13.5. The molecular formula is C28H32N2O3. The quantitative estimate of drug-likeness (QED) is 0.559.